The summed E-state index contributed by atoms with van der Waals surface area (Å²) in [5.74, 6) is 0.576. The van der Waals surface area contributed by atoms with Crippen LogP contribution in [0.15, 0.2) is 41.2 Å². The minimum absolute atomic E-state index is 0.0407. The number of rotatable bonds is 3. The molecule has 3 aliphatic rings. The molecule has 25 heavy (non-hydrogen) atoms. The van der Waals surface area contributed by atoms with Crippen LogP contribution in [0.4, 0.5) is 0 Å². The Balaban J connectivity index is 1.40. The number of hydrogen-bond donors (Lipinski definition) is 1. The number of aromatic nitrogens is 1. The first-order valence-electron chi connectivity index (χ1n) is 8.73. The van der Waals surface area contributed by atoms with Gasteiger partial charge in [-0.05, 0) is 61.1 Å². The van der Waals surface area contributed by atoms with Gasteiger partial charge >= 0.3 is 0 Å². The fourth-order valence-electron chi connectivity index (χ4n) is 4.07. The molecular weight excluding hydrogens is 334 g/mol. The molecular formula is C19H19N3O2S. The summed E-state index contributed by atoms with van der Waals surface area (Å²) in [7, 11) is 0. The summed E-state index contributed by atoms with van der Waals surface area (Å²) in [6.45, 7) is 3.32. The van der Waals surface area contributed by atoms with Gasteiger partial charge in [0.15, 0.2) is 0 Å². The molecule has 128 valence electrons. The van der Waals surface area contributed by atoms with E-state index in [0.29, 0.717) is 11.6 Å². The maximum absolute atomic E-state index is 12.8. The van der Waals surface area contributed by atoms with E-state index in [1.807, 2.05) is 18.2 Å². The Labute approximate surface area is 149 Å². The third-order valence-electron chi connectivity index (χ3n) is 5.51. The summed E-state index contributed by atoms with van der Waals surface area (Å²) >= 11 is 1.38. The Hall–Kier alpha value is -2.18. The molecule has 5 nitrogen and oxygen atoms in total. The van der Waals surface area contributed by atoms with Gasteiger partial charge in [-0.2, -0.15) is 4.37 Å². The van der Waals surface area contributed by atoms with Crippen molar-refractivity contribution in [1.82, 2.24) is 14.6 Å². The highest BCUT2D eigenvalue weighted by molar-refractivity contribution is 7.13. The van der Waals surface area contributed by atoms with Crippen molar-refractivity contribution in [3.63, 3.8) is 0 Å². The molecule has 0 radical (unpaired) electrons. The molecule has 1 N–H and O–H groups in total. The first-order valence-corrected chi connectivity index (χ1v) is 9.50. The molecule has 0 saturated carbocycles. The summed E-state index contributed by atoms with van der Waals surface area (Å²) in [6, 6.07) is 8.28. The molecule has 6 heteroatoms. The standard InChI is InChI=1S/C19H19N3O2S/c23-19(20-16-10-22-6-3-12(16)4-7-22)18-15-2-1-13(9-17(15)25-21-18)14-5-8-24-11-14/h1-2,5,8-9,11-12,16H,3-4,6-7,10H2,(H,20,23)/t16-/m0/s1. The minimum atomic E-state index is -0.0407. The van der Waals surface area contributed by atoms with E-state index in [2.05, 4.69) is 20.7 Å². The van der Waals surface area contributed by atoms with Crippen LogP contribution in [-0.4, -0.2) is 40.9 Å². The van der Waals surface area contributed by atoms with Crippen molar-refractivity contribution in [1.29, 1.82) is 0 Å². The van der Waals surface area contributed by atoms with Crippen molar-refractivity contribution >= 4 is 27.5 Å². The average molecular weight is 353 g/mol. The van der Waals surface area contributed by atoms with Crippen LogP contribution in [0.1, 0.15) is 23.3 Å². The van der Waals surface area contributed by atoms with Gasteiger partial charge in [-0.3, -0.25) is 4.79 Å². The molecule has 3 fully saturated rings. The molecule has 0 unspecified atom stereocenters. The van der Waals surface area contributed by atoms with Gasteiger partial charge in [0, 0.05) is 23.5 Å². The summed E-state index contributed by atoms with van der Waals surface area (Å²) in [6.07, 6.45) is 5.77. The zero-order valence-corrected chi connectivity index (χ0v) is 14.6. The molecule has 0 aliphatic carbocycles. The molecule has 2 bridgehead atoms. The Bertz CT molecular complexity index is 910. The van der Waals surface area contributed by atoms with Gasteiger partial charge in [0.1, 0.15) is 5.69 Å². The van der Waals surface area contributed by atoms with E-state index in [1.165, 1.54) is 37.5 Å². The van der Waals surface area contributed by atoms with E-state index >= 15 is 0 Å². The quantitative estimate of drug-likeness (QED) is 0.784. The average Bonchev–Trinajstić information content (AvgIpc) is 3.32. The SMILES string of the molecule is O=C(N[C@H]1CN2CCC1CC2)c1nsc2cc(-c3ccoc3)ccc12. The number of carbonyl (C=O) groups is 1. The molecule has 3 saturated heterocycles. The van der Waals surface area contributed by atoms with Crippen molar-refractivity contribution in [3.05, 3.63) is 42.5 Å². The molecule has 1 amide bonds. The second-order valence-electron chi connectivity index (χ2n) is 6.97. The monoisotopic (exact) mass is 353 g/mol. The number of carbonyl (C=O) groups excluding carboxylic acids is 1. The summed E-state index contributed by atoms with van der Waals surface area (Å²) < 4.78 is 10.6. The topological polar surface area (TPSA) is 58.4 Å². The molecule has 6 rings (SSSR count). The second kappa shape index (κ2) is 5.97. The summed E-state index contributed by atoms with van der Waals surface area (Å²) in [5.41, 5.74) is 2.66. The first-order chi connectivity index (χ1) is 12.3. The number of fused-ring (bicyclic) bond motifs is 4. The van der Waals surface area contributed by atoms with Gasteiger partial charge in [0.05, 0.1) is 17.2 Å². The van der Waals surface area contributed by atoms with Gasteiger partial charge in [0.25, 0.3) is 5.91 Å². The van der Waals surface area contributed by atoms with Gasteiger partial charge < -0.3 is 14.6 Å². The maximum Gasteiger partial charge on any atom is 0.271 e. The Morgan fingerprint density at radius 1 is 1.24 bits per heavy atom. The predicted octanol–water partition coefficient (Wildman–Crippen LogP) is 3.38. The third kappa shape index (κ3) is 2.65. The van der Waals surface area contributed by atoms with Crippen molar-refractivity contribution in [2.24, 2.45) is 5.92 Å². The van der Waals surface area contributed by atoms with Crippen LogP contribution in [0.3, 0.4) is 0 Å². The first kappa shape index (κ1) is 15.1. The van der Waals surface area contributed by atoms with E-state index in [9.17, 15) is 4.79 Å². The lowest BCUT2D eigenvalue weighted by Gasteiger charge is -2.44. The maximum atomic E-state index is 12.8. The normalized spacial score (nSPS) is 25.4. The van der Waals surface area contributed by atoms with E-state index in [-0.39, 0.29) is 11.9 Å². The van der Waals surface area contributed by atoms with Crippen LogP contribution in [0.2, 0.25) is 0 Å². The number of amides is 1. The lowest BCUT2D eigenvalue weighted by atomic mass is 9.84. The summed E-state index contributed by atoms with van der Waals surface area (Å²) in [5, 5.41) is 4.16. The highest BCUT2D eigenvalue weighted by Crippen LogP contribution is 2.30. The van der Waals surface area contributed by atoms with Crippen LogP contribution in [0.5, 0.6) is 0 Å². The zero-order valence-electron chi connectivity index (χ0n) is 13.8. The predicted molar refractivity (Wildman–Crippen MR) is 97.7 cm³/mol. The number of hydrogen-bond acceptors (Lipinski definition) is 5. The highest BCUT2D eigenvalue weighted by atomic mass is 32.1. The Morgan fingerprint density at radius 2 is 2.12 bits per heavy atom. The minimum Gasteiger partial charge on any atom is -0.472 e. The van der Waals surface area contributed by atoms with Crippen molar-refractivity contribution in [3.8, 4) is 11.1 Å². The number of piperidine rings is 3. The van der Waals surface area contributed by atoms with Crippen molar-refractivity contribution in [2.45, 2.75) is 18.9 Å². The second-order valence-corrected chi connectivity index (χ2v) is 7.78. The zero-order chi connectivity index (χ0) is 16.8. The number of nitrogens with one attached hydrogen (secondary N) is 1. The molecule has 3 aromatic rings. The number of benzene rings is 1. The number of nitrogens with zero attached hydrogens (tertiary/aromatic N) is 2. The van der Waals surface area contributed by atoms with E-state index in [0.717, 1.165) is 27.8 Å². The molecule has 5 heterocycles. The van der Waals surface area contributed by atoms with Crippen LogP contribution >= 0.6 is 11.5 Å². The molecule has 1 atom stereocenters. The molecule has 1 aromatic carbocycles. The van der Waals surface area contributed by atoms with E-state index in [4.69, 9.17) is 4.42 Å². The van der Waals surface area contributed by atoms with E-state index < -0.39 is 0 Å². The van der Waals surface area contributed by atoms with Gasteiger partial charge in [-0.1, -0.05) is 12.1 Å². The van der Waals surface area contributed by atoms with Crippen LogP contribution in [0, 0.1) is 5.92 Å². The smallest absolute Gasteiger partial charge is 0.271 e. The lowest BCUT2D eigenvalue weighted by Crippen LogP contribution is -2.57. The van der Waals surface area contributed by atoms with Crippen LogP contribution in [-0.2, 0) is 0 Å². The van der Waals surface area contributed by atoms with Crippen molar-refractivity contribution in [2.75, 3.05) is 19.6 Å². The van der Waals surface area contributed by atoms with Gasteiger partial charge in [-0.15, -0.1) is 0 Å². The van der Waals surface area contributed by atoms with E-state index in [1.54, 1.807) is 12.5 Å². The third-order valence-corrected chi connectivity index (χ3v) is 6.32. The number of furan rings is 1. The fraction of sp³-hybridized carbons (Fsp3) is 0.368. The molecule has 0 spiro atoms. The summed E-state index contributed by atoms with van der Waals surface area (Å²) in [4.78, 5) is 15.2. The van der Waals surface area contributed by atoms with Crippen LogP contribution < -0.4 is 5.32 Å². The van der Waals surface area contributed by atoms with Gasteiger partial charge in [0.2, 0.25) is 0 Å². The largest absolute Gasteiger partial charge is 0.472 e. The Morgan fingerprint density at radius 3 is 2.84 bits per heavy atom. The lowest BCUT2D eigenvalue weighted by molar-refractivity contribution is 0.0619. The van der Waals surface area contributed by atoms with Crippen molar-refractivity contribution < 1.29 is 9.21 Å². The molecule has 2 aromatic heterocycles. The Kier molecular flexibility index (Phi) is 3.60. The molecule has 3 aliphatic heterocycles. The highest BCUT2D eigenvalue weighted by Gasteiger charge is 2.35. The van der Waals surface area contributed by atoms with Gasteiger partial charge in [-0.25, -0.2) is 0 Å². The van der Waals surface area contributed by atoms with Crippen LogP contribution in [0.25, 0.3) is 21.2 Å². The fourth-order valence-corrected chi connectivity index (χ4v) is 4.89.